The maximum atomic E-state index is 12.7. The summed E-state index contributed by atoms with van der Waals surface area (Å²) in [5.41, 5.74) is 2.15. The molecule has 0 aliphatic carbocycles. The molecule has 9 heteroatoms. The topological polar surface area (TPSA) is 89.8 Å². The summed E-state index contributed by atoms with van der Waals surface area (Å²) < 4.78 is 23.8. The summed E-state index contributed by atoms with van der Waals surface area (Å²) in [4.78, 5) is 12.7. The van der Waals surface area contributed by atoms with Gasteiger partial charge in [-0.05, 0) is 99.0 Å². The monoisotopic (exact) mass is 646 g/mol. The average molecular weight is 647 g/mol. The zero-order valence-corrected chi connectivity index (χ0v) is 22.4. The van der Waals surface area contributed by atoms with Crippen LogP contribution < -0.4 is 24.3 Å². The van der Waals surface area contributed by atoms with Gasteiger partial charge in [-0.25, -0.2) is 0 Å². The number of nitrogens with zero attached hydrogens (tertiary/aromatic N) is 1. The van der Waals surface area contributed by atoms with Gasteiger partial charge in [0.05, 0.1) is 14.6 Å². The number of amides is 1. The standard InChI is InChI=1S/C26H20BrIN2O5/c1-2-32-20-5-3-4-19(12-20)30-26(31)18(13-29)8-17-9-21(27)25(22(28)10-17)33-14-16-6-7-23-24(11-16)35-15-34-23/h3-12H,2,14-15H2,1H3,(H,30,31)/b18-8-. The maximum Gasteiger partial charge on any atom is 0.266 e. The number of carbonyl (C=O) groups is 1. The second kappa shape index (κ2) is 11.5. The summed E-state index contributed by atoms with van der Waals surface area (Å²) in [5, 5.41) is 12.3. The number of nitriles is 1. The van der Waals surface area contributed by atoms with E-state index in [0.29, 0.717) is 46.2 Å². The van der Waals surface area contributed by atoms with Crippen LogP contribution in [-0.4, -0.2) is 19.3 Å². The predicted molar refractivity (Wildman–Crippen MR) is 144 cm³/mol. The van der Waals surface area contributed by atoms with Gasteiger partial charge in [0.2, 0.25) is 6.79 Å². The van der Waals surface area contributed by atoms with E-state index in [2.05, 4.69) is 43.8 Å². The fraction of sp³-hybridized carbons (Fsp3) is 0.154. The van der Waals surface area contributed by atoms with Gasteiger partial charge in [-0.1, -0.05) is 12.1 Å². The van der Waals surface area contributed by atoms with E-state index in [1.165, 1.54) is 6.08 Å². The van der Waals surface area contributed by atoms with Crippen LogP contribution in [0, 0.1) is 14.9 Å². The van der Waals surface area contributed by atoms with Gasteiger partial charge >= 0.3 is 0 Å². The van der Waals surface area contributed by atoms with Crippen LogP contribution in [0.15, 0.2) is 64.6 Å². The molecule has 4 rings (SSSR count). The number of fused-ring (bicyclic) bond motifs is 1. The Kier molecular flexibility index (Phi) is 8.15. The molecule has 0 unspecified atom stereocenters. The van der Waals surface area contributed by atoms with Crippen molar-refractivity contribution in [2.24, 2.45) is 0 Å². The Hall–Kier alpha value is -3.23. The van der Waals surface area contributed by atoms with Gasteiger partial charge in [-0.3, -0.25) is 4.79 Å². The molecule has 1 aliphatic rings. The summed E-state index contributed by atoms with van der Waals surface area (Å²) >= 11 is 5.71. The third kappa shape index (κ3) is 6.26. The minimum Gasteiger partial charge on any atom is -0.494 e. The number of benzene rings is 3. The van der Waals surface area contributed by atoms with Crippen LogP contribution in [0.5, 0.6) is 23.0 Å². The molecule has 0 atom stereocenters. The highest BCUT2D eigenvalue weighted by Crippen LogP contribution is 2.35. The zero-order valence-electron chi connectivity index (χ0n) is 18.6. The van der Waals surface area contributed by atoms with E-state index in [1.807, 2.05) is 37.3 Å². The van der Waals surface area contributed by atoms with Gasteiger partial charge in [-0.2, -0.15) is 5.26 Å². The zero-order chi connectivity index (χ0) is 24.8. The second-order valence-corrected chi connectivity index (χ2v) is 9.39. The van der Waals surface area contributed by atoms with Gasteiger partial charge in [0, 0.05) is 11.8 Å². The van der Waals surface area contributed by atoms with E-state index in [-0.39, 0.29) is 12.4 Å². The number of ether oxygens (including phenoxy) is 4. The lowest BCUT2D eigenvalue weighted by atomic mass is 10.1. The van der Waals surface area contributed by atoms with E-state index < -0.39 is 5.91 Å². The number of hydrogen-bond acceptors (Lipinski definition) is 6. The first-order valence-corrected chi connectivity index (χ1v) is 12.5. The third-order valence-electron chi connectivity index (χ3n) is 4.92. The molecule has 0 spiro atoms. The van der Waals surface area contributed by atoms with Crippen LogP contribution in [0.2, 0.25) is 0 Å². The first-order valence-electron chi connectivity index (χ1n) is 10.6. The molecule has 1 amide bonds. The normalized spacial score (nSPS) is 12.1. The van der Waals surface area contributed by atoms with Gasteiger partial charge in [0.1, 0.15) is 29.7 Å². The molecule has 0 radical (unpaired) electrons. The molecule has 3 aromatic rings. The van der Waals surface area contributed by atoms with Crippen LogP contribution >= 0.6 is 38.5 Å². The van der Waals surface area contributed by atoms with Crippen LogP contribution in [0.3, 0.4) is 0 Å². The molecule has 0 saturated heterocycles. The van der Waals surface area contributed by atoms with Gasteiger partial charge in [0.25, 0.3) is 5.91 Å². The van der Waals surface area contributed by atoms with Crippen molar-refractivity contribution in [3.63, 3.8) is 0 Å². The SMILES string of the molecule is CCOc1cccc(NC(=O)/C(C#N)=C\c2cc(Br)c(OCc3ccc4c(c3)OCO4)c(I)c2)c1. The Labute approximate surface area is 224 Å². The van der Waals surface area contributed by atoms with E-state index >= 15 is 0 Å². The fourth-order valence-corrected chi connectivity index (χ4v) is 5.10. The van der Waals surface area contributed by atoms with Crippen LogP contribution in [-0.2, 0) is 11.4 Å². The molecule has 0 saturated carbocycles. The summed E-state index contributed by atoms with van der Waals surface area (Å²) in [6.45, 7) is 2.97. The summed E-state index contributed by atoms with van der Waals surface area (Å²) in [6, 6.07) is 18.3. The molecule has 1 N–H and O–H groups in total. The highest BCUT2D eigenvalue weighted by molar-refractivity contribution is 14.1. The molecular weight excluding hydrogens is 627 g/mol. The Bertz CT molecular complexity index is 1310. The maximum absolute atomic E-state index is 12.7. The smallest absolute Gasteiger partial charge is 0.266 e. The van der Waals surface area contributed by atoms with E-state index in [0.717, 1.165) is 14.9 Å². The van der Waals surface area contributed by atoms with Gasteiger partial charge in [0.15, 0.2) is 11.5 Å². The summed E-state index contributed by atoms with van der Waals surface area (Å²) in [6.07, 6.45) is 1.54. The molecule has 1 heterocycles. The molecule has 0 fully saturated rings. The molecule has 0 aromatic heterocycles. The first-order chi connectivity index (χ1) is 17.0. The van der Waals surface area contributed by atoms with Crippen LogP contribution in [0.25, 0.3) is 6.08 Å². The largest absolute Gasteiger partial charge is 0.494 e. The molecule has 0 bridgehead atoms. The number of hydrogen-bond donors (Lipinski definition) is 1. The van der Waals surface area contributed by atoms with E-state index in [1.54, 1.807) is 30.3 Å². The van der Waals surface area contributed by atoms with Crippen molar-refractivity contribution >= 4 is 56.2 Å². The molecule has 3 aromatic carbocycles. The Balaban J connectivity index is 1.47. The van der Waals surface area contributed by atoms with Gasteiger partial charge in [-0.15, -0.1) is 0 Å². The number of halogens is 2. The fourth-order valence-electron chi connectivity index (χ4n) is 3.33. The van der Waals surface area contributed by atoms with Crippen molar-refractivity contribution in [1.29, 1.82) is 5.26 Å². The molecular formula is C26H20BrIN2O5. The summed E-state index contributed by atoms with van der Waals surface area (Å²) in [7, 11) is 0. The minimum atomic E-state index is -0.504. The Morgan fingerprint density at radius 3 is 2.77 bits per heavy atom. The van der Waals surface area contributed by atoms with Crippen LogP contribution in [0.1, 0.15) is 18.1 Å². The van der Waals surface area contributed by atoms with Gasteiger partial charge < -0.3 is 24.3 Å². The van der Waals surface area contributed by atoms with Crippen molar-refractivity contribution in [3.05, 3.63) is 79.3 Å². The lowest BCUT2D eigenvalue weighted by molar-refractivity contribution is -0.112. The lowest BCUT2D eigenvalue weighted by Crippen LogP contribution is -2.13. The quantitative estimate of drug-likeness (QED) is 0.175. The van der Waals surface area contributed by atoms with Crippen molar-refractivity contribution in [2.75, 3.05) is 18.7 Å². The number of rotatable bonds is 8. The van der Waals surface area contributed by atoms with E-state index in [9.17, 15) is 10.1 Å². The lowest BCUT2D eigenvalue weighted by Gasteiger charge is -2.12. The Morgan fingerprint density at radius 1 is 1.17 bits per heavy atom. The average Bonchev–Trinajstić information content (AvgIpc) is 3.30. The number of nitrogens with one attached hydrogen (secondary N) is 1. The molecule has 35 heavy (non-hydrogen) atoms. The number of anilines is 1. The summed E-state index contributed by atoms with van der Waals surface area (Å²) in [5.74, 6) is 2.22. The first kappa shape index (κ1) is 24.9. The highest BCUT2D eigenvalue weighted by atomic mass is 127. The molecule has 1 aliphatic heterocycles. The highest BCUT2D eigenvalue weighted by Gasteiger charge is 2.15. The second-order valence-electron chi connectivity index (χ2n) is 7.37. The predicted octanol–water partition coefficient (Wildman–Crippen LogP) is 6.31. The van der Waals surface area contributed by atoms with Crippen molar-refractivity contribution in [3.8, 4) is 29.1 Å². The Morgan fingerprint density at radius 2 is 2.00 bits per heavy atom. The number of carbonyl (C=O) groups excluding carboxylic acids is 1. The van der Waals surface area contributed by atoms with Crippen molar-refractivity contribution < 1.29 is 23.7 Å². The molecule has 178 valence electrons. The minimum absolute atomic E-state index is 0.0245. The molecule has 7 nitrogen and oxygen atoms in total. The van der Waals surface area contributed by atoms with Crippen molar-refractivity contribution in [1.82, 2.24) is 0 Å². The van der Waals surface area contributed by atoms with Crippen LogP contribution in [0.4, 0.5) is 5.69 Å². The van der Waals surface area contributed by atoms with Crippen molar-refractivity contribution in [2.45, 2.75) is 13.5 Å². The van der Waals surface area contributed by atoms with E-state index in [4.69, 9.17) is 18.9 Å². The third-order valence-corrected chi connectivity index (χ3v) is 6.31.